The largest absolute Gasteiger partial charge is 0.351 e. The lowest BCUT2D eigenvalue weighted by atomic mass is 9.97. The lowest BCUT2D eigenvalue weighted by Crippen LogP contribution is -2.24. The molecule has 1 N–H and O–H groups in total. The van der Waals surface area contributed by atoms with E-state index in [-0.39, 0.29) is 5.91 Å². The number of aromatic nitrogens is 2. The lowest BCUT2D eigenvalue weighted by molar-refractivity contribution is -0.118. The molecule has 0 fully saturated rings. The van der Waals surface area contributed by atoms with Gasteiger partial charge in [0.2, 0.25) is 5.91 Å². The number of carbonyl (C=O) groups excluding carboxylic acids is 1. The summed E-state index contributed by atoms with van der Waals surface area (Å²) in [5, 5.41) is 5.14. The minimum absolute atomic E-state index is 0.0346. The van der Waals surface area contributed by atoms with E-state index in [2.05, 4.69) is 15.3 Å². The van der Waals surface area contributed by atoms with Gasteiger partial charge in [0.1, 0.15) is 15.7 Å². The van der Waals surface area contributed by atoms with Gasteiger partial charge < -0.3 is 5.32 Å². The van der Waals surface area contributed by atoms with Crippen molar-refractivity contribution in [3.8, 4) is 0 Å². The predicted molar refractivity (Wildman–Crippen MR) is 108 cm³/mol. The first-order valence-corrected chi connectivity index (χ1v) is 10.7. The number of rotatable bonds is 5. The highest BCUT2D eigenvalue weighted by Crippen LogP contribution is 2.39. The molecule has 26 heavy (non-hydrogen) atoms. The van der Waals surface area contributed by atoms with Crippen LogP contribution in [0.3, 0.4) is 0 Å². The van der Waals surface area contributed by atoms with E-state index in [0.29, 0.717) is 12.3 Å². The first-order chi connectivity index (χ1) is 12.7. The Labute approximate surface area is 161 Å². The normalized spacial score (nSPS) is 13.6. The summed E-state index contributed by atoms with van der Waals surface area (Å²) in [6.07, 6.45) is 4.75. The maximum atomic E-state index is 12.3. The number of thioether (sulfide) groups is 1. The highest BCUT2D eigenvalue weighted by Gasteiger charge is 2.21. The van der Waals surface area contributed by atoms with E-state index in [0.717, 1.165) is 34.1 Å². The van der Waals surface area contributed by atoms with E-state index in [4.69, 9.17) is 0 Å². The molecule has 1 aliphatic carbocycles. The monoisotopic (exact) mass is 383 g/mol. The van der Waals surface area contributed by atoms with Crippen molar-refractivity contribution < 1.29 is 4.79 Å². The molecule has 0 spiro atoms. The number of hydrogen-bond acceptors (Lipinski definition) is 5. The van der Waals surface area contributed by atoms with Gasteiger partial charge in [0.15, 0.2) is 0 Å². The Kier molecular flexibility index (Phi) is 5.22. The summed E-state index contributed by atoms with van der Waals surface area (Å²) < 4.78 is 0. The second-order valence-electron chi connectivity index (χ2n) is 6.52. The maximum Gasteiger partial charge on any atom is 0.230 e. The molecule has 0 atom stereocenters. The van der Waals surface area contributed by atoms with Crippen LogP contribution in [0, 0.1) is 6.92 Å². The van der Waals surface area contributed by atoms with E-state index in [1.54, 1.807) is 11.3 Å². The maximum absolute atomic E-state index is 12.3. The van der Waals surface area contributed by atoms with Gasteiger partial charge in [0, 0.05) is 16.8 Å². The molecule has 0 bridgehead atoms. The Bertz CT molecular complexity index is 937. The average molecular weight is 384 g/mol. The molecule has 0 saturated heterocycles. The van der Waals surface area contributed by atoms with Crippen molar-refractivity contribution in [2.75, 3.05) is 5.75 Å². The minimum atomic E-state index is 0.0346. The summed E-state index contributed by atoms with van der Waals surface area (Å²) >= 11 is 3.33. The van der Waals surface area contributed by atoms with E-state index < -0.39 is 0 Å². The average Bonchev–Trinajstić information content (AvgIpc) is 3.03. The predicted octanol–water partition coefficient (Wildman–Crippen LogP) is 4.29. The number of nitrogens with zero attached hydrogens (tertiary/aromatic N) is 2. The van der Waals surface area contributed by atoms with Gasteiger partial charge in [-0.25, -0.2) is 9.97 Å². The molecule has 4 nitrogen and oxygen atoms in total. The molecule has 134 valence electrons. The Morgan fingerprint density at radius 1 is 1.19 bits per heavy atom. The molecule has 0 aliphatic heterocycles. The zero-order valence-electron chi connectivity index (χ0n) is 14.7. The van der Waals surface area contributed by atoms with Crippen molar-refractivity contribution in [3.05, 3.63) is 52.2 Å². The second-order valence-corrected chi connectivity index (χ2v) is 8.57. The summed E-state index contributed by atoms with van der Waals surface area (Å²) in [5.74, 6) is 1.19. The Balaban J connectivity index is 1.48. The molecule has 3 aromatic rings. The van der Waals surface area contributed by atoms with Crippen LogP contribution < -0.4 is 5.32 Å². The Morgan fingerprint density at radius 2 is 2.00 bits per heavy atom. The van der Waals surface area contributed by atoms with Gasteiger partial charge in [0.05, 0.1) is 5.75 Å². The summed E-state index contributed by atoms with van der Waals surface area (Å²) in [5.41, 5.74) is 2.53. The van der Waals surface area contributed by atoms with Crippen molar-refractivity contribution >= 4 is 39.2 Å². The minimum Gasteiger partial charge on any atom is -0.351 e. The van der Waals surface area contributed by atoms with Crippen LogP contribution >= 0.6 is 23.1 Å². The van der Waals surface area contributed by atoms with E-state index in [1.807, 2.05) is 37.3 Å². The fraction of sp³-hybridized carbons (Fsp3) is 0.350. The van der Waals surface area contributed by atoms with Crippen molar-refractivity contribution in [1.29, 1.82) is 0 Å². The summed E-state index contributed by atoms with van der Waals surface area (Å²) in [7, 11) is 0. The summed E-state index contributed by atoms with van der Waals surface area (Å²) in [6.45, 7) is 2.49. The number of benzene rings is 1. The van der Waals surface area contributed by atoms with Gasteiger partial charge in [-0.15, -0.1) is 11.3 Å². The third kappa shape index (κ3) is 3.76. The quantitative estimate of drug-likeness (QED) is 0.528. The molecule has 0 radical (unpaired) electrons. The number of aryl methyl sites for hydroxylation is 3. The van der Waals surface area contributed by atoms with Gasteiger partial charge in [-0.1, -0.05) is 42.1 Å². The molecule has 0 saturated carbocycles. The highest BCUT2D eigenvalue weighted by atomic mass is 32.2. The van der Waals surface area contributed by atoms with Crippen LogP contribution in [0.15, 0.2) is 35.4 Å². The van der Waals surface area contributed by atoms with E-state index in [1.165, 1.54) is 40.4 Å². The molecule has 1 aromatic carbocycles. The molecule has 0 unspecified atom stereocenters. The second kappa shape index (κ2) is 7.76. The molecule has 1 amide bonds. The molecule has 2 aromatic heterocycles. The number of amides is 1. The SMILES string of the molecule is Cc1nc(SCC(=O)NCc2ccccc2)c2c3c(sc2n1)CCCC3. The van der Waals surface area contributed by atoms with Crippen molar-refractivity contribution in [3.63, 3.8) is 0 Å². The van der Waals surface area contributed by atoms with Crippen molar-refractivity contribution in [2.45, 2.75) is 44.2 Å². The van der Waals surface area contributed by atoms with Gasteiger partial charge in [0.25, 0.3) is 0 Å². The summed E-state index contributed by atoms with van der Waals surface area (Å²) in [6, 6.07) is 9.98. The molecular weight excluding hydrogens is 362 g/mol. The molecule has 4 rings (SSSR count). The topological polar surface area (TPSA) is 54.9 Å². The number of fused-ring (bicyclic) bond motifs is 3. The standard InChI is InChI=1S/C20H21N3OS2/c1-13-22-19(18-15-9-5-6-10-16(15)26-20(18)23-13)25-12-17(24)21-11-14-7-3-2-4-8-14/h2-4,7-8H,5-6,9-12H2,1H3,(H,21,24). The van der Waals surface area contributed by atoms with Crippen LogP contribution in [0.1, 0.15) is 34.7 Å². The zero-order valence-corrected chi connectivity index (χ0v) is 16.4. The molecule has 2 heterocycles. The van der Waals surface area contributed by atoms with E-state index >= 15 is 0 Å². The number of thiophene rings is 1. The molecule has 6 heteroatoms. The van der Waals surface area contributed by atoms with Gasteiger partial charge in [-0.05, 0) is 43.7 Å². The van der Waals surface area contributed by atoms with Gasteiger partial charge >= 0.3 is 0 Å². The zero-order chi connectivity index (χ0) is 17.9. The Morgan fingerprint density at radius 3 is 2.85 bits per heavy atom. The first-order valence-electron chi connectivity index (χ1n) is 8.93. The smallest absolute Gasteiger partial charge is 0.230 e. The van der Waals surface area contributed by atoms with Crippen LogP contribution in [-0.2, 0) is 24.2 Å². The van der Waals surface area contributed by atoms with Gasteiger partial charge in [-0.3, -0.25) is 4.79 Å². The number of hydrogen-bond donors (Lipinski definition) is 1. The van der Waals surface area contributed by atoms with Crippen LogP contribution in [0.25, 0.3) is 10.2 Å². The van der Waals surface area contributed by atoms with Crippen LogP contribution in [0.5, 0.6) is 0 Å². The van der Waals surface area contributed by atoms with Crippen molar-refractivity contribution in [2.24, 2.45) is 0 Å². The number of nitrogens with one attached hydrogen (secondary N) is 1. The third-order valence-electron chi connectivity index (χ3n) is 4.57. The molecular formula is C20H21N3OS2. The fourth-order valence-electron chi connectivity index (χ4n) is 3.31. The fourth-order valence-corrected chi connectivity index (χ4v) is 5.61. The third-order valence-corrected chi connectivity index (χ3v) is 6.73. The van der Waals surface area contributed by atoms with Crippen LogP contribution in [0.2, 0.25) is 0 Å². The van der Waals surface area contributed by atoms with Gasteiger partial charge in [-0.2, -0.15) is 0 Å². The van der Waals surface area contributed by atoms with Crippen molar-refractivity contribution in [1.82, 2.24) is 15.3 Å². The number of carbonyl (C=O) groups is 1. The van der Waals surface area contributed by atoms with Crippen LogP contribution in [0.4, 0.5) is 0 Å². The van der Waals surface area contributed by atoms with Crippen LogP contribution in [-0.4, -0.2) is 21.6 Å². The Hall–Kier alpha value is -1.92. The first kappa shape index (κ1) is 17.5. The summed E-state index contributed by atoms with van der Waals surface area (Å²) in [4.78, 5) is 24.1. The lowest BCUT2D eigenvalue weighted by Gasteiger charge is -2.12. The highest BCUT2D eigenvalue weighted by molar-refractivity contribution is 8.00. The molecule has 1 aliphatic rings. The van der Waals surface area contributed by atoms with E-state index in [9.17, 15) is 4.79 Å².